The molecule has 1 atom stereocenters. The number of rotatable bonds is 4. The molecule has 1 aliphatic rings. The molecule has 1 saturated heterocycles. The second-order valence-electron chi connectivity index (χ2n) is 4.84. The molecule has 20 heavy (non-hydrogen) atoms. The molecule has 108 valence electrons. The van der Waals surface area contributed by atoms with Crippen LogP contribution in [0, 0.1) is 0 Å². The number of carbonyl (C=O) groups excluding carboxylic acids is 1. The van der Waals surface area contributed by atoms with Crippen molar-refractivity contribution in [3.05, 3.63) is 23.9 Å². The van der Waals surface area contributed by atoms with Crippen LogP contribution in [0.2, 0.25) is 0 Å². The molecule has 2 rings (SSSR count). The van der Waals surface area contributed by atoms with E-state index in [0.717, 1.165) is 19.3 Å². The van der Waals surface area contributed by atoms with Crippen LogP contribution in [-0.4, -0.2) is 46.6 Å². The van der Waals surface area contributed by atoms with E-state index in [0.29, 0.717) is 18.0 Å². The first-order valence-corrected chi connectivity index (χ1v) is 6.64. The Morgan fingerprint density at radius 3 is 2.85 bits per heavy atom. The van der Waals surface area contributed by atoms with E-state index in [4.69, 9.17) is 9.84 Å². The van der Waals surface area contributed by atoms with Crippen LogP contribution in [0.5, 0.6) is 5.88 Å². The van der Waals surface area contributed by atoms with Gasteiger partial charge >= 0.3 is 5.97 Å². The predicted molar refractivity (Wildman–Crippen MR) is 71.7 cm³/mol. The third kappa shape index (κ3) is 3.26. The molecule has 0 spiro atoms. The number of pyridine rings is 1. The maximum absolute atomic E-state index is 12.4. The van der Waals surface area contributed by atoms with Crippen LogP contribution in [0.4, 0.5) is 0 Å². The van der Waals surface area contributed by atoms with E-state index in [-0.39, 0.29) is 18.4 Å². The van der Waals surface area contributed by atoms with E-state index in [1.807, 2.05) is 0 Å². The van der Waals surface area contributed by atoms with Crippen LogP contribution in [0.25, 0.3) is 0 Å². The van der Waals surface area contributed by atoms with Gasteiger partial charge in [0, 0.05) is 24.8 Å². The van der Waals surface area contributed by atoms with E-state index >= 15 is 0 Å². The minimum absolute atomic E-state index is 0.00464. The highest BCUT2D eigenvalue weighted by Gasteiger charge is 2.29. The molecule has 1 amide bonds. The van der Waals surface area contributed by atoms with Gasteiger partial charge in [0.05, 0.1) is 19.1 Å². The number of carbonyl (C=O) groups is 2. The molecule has 1 fully saturated rings. The lowest BCUT2D eigenvalue weighted by Gasteiger charge is -2.35. The number of ether oxygens (including phenoxy) is 1. The second-order valence-corrected chi connectivity index (χ2v) is 4.84. The van der Waals surface area contributed by atoms with Crippen molar-refractivity contribution in [2.24, 2.45) is 0 Å². The van der Waals surface area contributed by atoms with E-state index in [9.17, 15) is 9.59 Å². The molecule has 1 aromatic rings. The van der Waals surface area contributed by atoms with Crippen molar-refractivity contribution in [3.8, 4) is 5.88 Å². The summed E-state index contributed by atoms with van der Waals surface area (Å²) in [5.74, 6) is -0.587. The molecule has 6 nitrogen and oxygen atoms in total. The molecular formula is C14H18N2O4. The number of hydrogen-bond acceptors (Lipinski definition) is 4. The summed E-state index contributed by atoms with van der Waals surface area (Å²) >= 11 is 0. The molecule has 0 aromatic carbocycles. The molecule has 0 aliphatic carbocycles. The van der Waals surface area contributed by atoms with Crippen LogP contribution in [0.3, 0.4) is 0 Å². The van der Waals surface area contributed by atoms with E-state index in [1.165, 1.54) is 13.3 Å². The number of carboxylic acid groups (broad SMARTS) is 1. The highest BCUT2D eigenvalue weighted by molar-refractivity contribution is 5.94. The molecule has 2 heterocycles. The Hall–Kier alpha value is -2.11. The summed E-state index contributed by atoms with van der Waals surface area (Å²) in [6.45, 7) is 0.600. The fraction of sp³-hybridized carbons (Fsp3) is 0.500. The highest BCUT2D eigenvalue weighted by Crippen LogP contribution is 2.22. The average molecular weight is 278 g/mol. The standard InChI is InChI=1S/C14H18N2O4/c1-20-12-6-5-10(9-15-12)14(19)16-7-3-2-4-11(16)8-13(17)18/h5-6,9,11H,2-4,7-8H2,1H3,(H,17,18). The van der Waals surface area contributed by atoms with Crippen LogP contribution in [0.1, 0.15) is 36.0 Å². The van der Waals surface area contributed by atoms with Gasteiger partial charge < -0.3 is 14.7 Å². The van der Waals surface area contributed by atoms with Crippen molar-refractivity contribution in [2.45, 2.75) is 31.7 Å². The largest absolute Gasteiger partial charge is 0.481 e. The summed E-state index contributed by atoms with van der Waals surface area (Å²) in [5.41, 5.74) is 0.461. The third-order valence-corrected chi connectivity index (χ3v) is 3.49. The van der Waals surface area contributed by atoms with Crippen LogP contribution >= 0.6 is 0 Å². The Bertz CT molecular complexity index is 486. The number of piperidine rings is 1. The van der Waals surface area contributed by atoms with Crippen molar-refractivity contribution in [2.75, 3.05) is 13.7 Å². The number of aromatic nitrogens is 1. The quantitative estimate of drug-likeness (QED) is 0.904. The lowest BCUT2D eigenvalue weighted by Crippen LogP contribution is -2.44. The Morgan fingerprint density at radius 2 is 2.25 bits per heavy atom. The van der Waals surface area contributed by atoms with Gasteiger partial charge in [0.2, 0.25) is 5.88 Å². The molecular weight excluding hydrogens is 260 g/mol. The molecule has 1 aliphatic heterocycles. The fourth-order valence-corrected chi connectivity index (χ4v) is 2.48. The van der Waals surface area contributed by atoms with Gasteiger partial charge in [-0.25, -0.2) is 4.98 Å². The van der Waals surface area contributed by atoms with E-state index in [1.54, 1.807) is 17.0 Å². The first kappa shape index (κ1) is 14.3. The Balaban J connectivity index is 2.13. The van der Waals surface area contributed by atoms with Gasteiger partial charge in [0.1, 0.15) is 0 Å². The maximum Gasteiger partial charge on any atom is 0.305 e. The number of nitrogens with zero attached hydrogens (tertiary/aromatic N) is 2. The average Bonchev–Trinajstić information content (AvgIpc) is 2.46. The van der Waals surface area contributed by atoms with Gasteiger partial charge in [0.15, 0.2) is 0 Å². The van der Waals surface area contributed by atoms with Crippen LogP contribution in [0.15, 0.2) is 18.3 Å². The lowest BCUT2D eigenvalue weighted by atomic mass is 9.98. The van der Waals surface area contributed by atoms with E-state index < -0.39 is 5.97 Å². The zero-order chi connectivity index (χ0) is 14.5. The van der Waals surface area contributed by atoms with Crippen molar-refractivity contribution in [1.82, 2.24) is 9.88 Å². The van der Waals surface area contributed by atoms with E-state index in [2.05, 4.69) is 4.98 Å². The number of likely N-dealkylation sites (tertiary alicyclic amines) is 1. The van der Waals surface area contributed by atoms with Gasteiger partial charge in [-0.05, 0) is 25.3 Å². The fourth-order valence-electron chi connectivity index (χ4n) is 2.48. The maximum atomic E-state index is 12.4. The Morgan fingerprint density at radius 1 is 1.45 bits per heavy atom. The van der Waals surface area contributed by atoms with Gasteiger partial charge in [-0.1, -0.05) is 0 Å². The number of hydrogen-bond donors (Lipinski definition) is 1. The first-order valence-electron chi connectivity index (χ1n) is 6.64. The second kappa shape index (κ2) is 6.36. The number of amides is 1. The molecule has 6 heteroatoms. The summed E-state index contributed by atoms with van der Waals surface area (Å²) in [7, 11) is 1.51. The summed E-state index contributed by atoms with van der Waals surface area (Å²) in [6, 6.07) is 3.06. The Kier molecular flexibility index (Phi) is 4.55. The summed E-state index contributed by atoms with van der Waals surface area (Å²) in [6.07, 6.45) is 4.07. The lowest BCUT2D eigenvalue weighted by molar-refractivity contribution is -0.138. The SMILES string of the molecule is COc1ccc(C(=O)N2CCCCC2CC(=O)O)cn1. The Labute approximate surface area is 117 Å². The number of methoxy groups -OCH3 is 1. The van der Waals surface area contributed by atoms with Crippen molar-refractivity contribution in [3.63, 3.8) is 0 Å². The van der Waals surface area contributed by atoms with Gasteiger partial charge in [-0.2, -0.15) is 0 Å². The van der Waals surface area contributed by atoms with Crippen LogP contribution in [-0.2, 0) is 4.79 Å². The topological polar surface area (TPSA) is 79.7 Å². The smallest absolute Gasteiger partial charge is 0.305 e. The third-order valence-electron chi connectivity index (χ3n) is 3.49. The highest BCUT2D eigenvalue weighted by atomic mass is 16.5. The van der Waals surface area contributed by atoms with Crippen molar-refractivity contribution < 1.29 is 19.4 Å². The summed E-state index contributed by atoms with van der Waals surface area (Å²) < 4.78 is 4.95. The molecule has 1 N–H and O–H groups in total. The van der Waals surface area contributed by atoms with Crippen molar-refractivity contribution in [1.29, 1.82) is 0 Å². The molecule has 0 radical (unpaired) electrons. The van der Waals surface area contributed by atoms with Gasteiger partial charge in [-0.15, -0.1) is 0 Å². The normalized spacial score (nSPS) is 18.6. The minimum Gasteiger partial charge on any atom is -0.481 e. The number of carboxylic acids is 1. The molecule has 1 aromatic heterocycles. The molecule has 0 bridgehead atoms. The molecule has 1 unspecified atom stereocenters. The monoisotopic (exact) mass is 278 g/mol. The predicted octanol–water partition coefficient (Wildman–Crippen LogP) is 1.56. The zero-order valence-corrected chi connectivity index (χ0v) is 11.4. The summed E-state index contributed by atoms with van der Waals surface area (Å²) in [4.78, 5) is 29.0. The zero-order valence-electron chi connectivity index (χ0n) is 11.4. The number of aliphatic carboxylic acids is 1. The minimum atomic E-state index is -0.873. The first-order chi connectivity index (χ1) is 9.61. The van der Waals surface area contributed by atoms with Gasteiger partial charge in [-0.3, -0.25) is 9.59 Å². The molecule has 0 saturated carbocycles. The van der Waals surface area contributed by atoms with Gasteiger partial charge in [0.25, 0.3) is 5.91 Å². The summed E-state index contributed by atoms with van der Waals surface area (Å²) in [5, 5.41) is 8.94. The van der Waals surface area contributed by atoms with Crippen molar-refractivity contribution >= 4 is 11.9 Å². The van der Waals surface area contributed by atoms with Crippen LogP contribution < -0.4 is 4.74 Å².